The summed E-state index contributed by atoms with van der Waals surface area (Å²) in [4.78, 5) is 44.4. The number of alkyl halides is 2. The summed E-state index contributed by atoms with van der Waals surface area (Å²) in [7, 11) is 2.12. The maximum atomic E-state index is 13.7. The lowest BCUT2D eigenvalue weighted by molar-refractivity contribution is 0.0936. The topological polar surface area (TPSA) is 164 Å². The number of aromatic nitrogens is 6. The maximum Gasteiger partial charge on any atom is 0.227 e. The first-order valence-corrected chi connectivity index (χ1v) is 20.2. The van der Waals surface area contributed by atoms with E-state index in [1.54, 1.807) is 65.8 Å². The molecule has 310 valence electrons. The van der Waals surface area contributed by atoms with Gasteiger partial charge in [-0.1, -0.05) is 26.0 Å². The summed E-state index contributed by atoms with van der Waals surface area (Å²) in [6.45, 7) is 6.02. The molecule has 4 aromatic heterocycles. The zero-order valence-corrected chi connectivity index (χ0v) is 34.4. The molecule has 5 aromatic rings. The fraction of sp³-hybridized carbons (Fsp3) is 0.386. The van der Waals surface area contributed by atoms with Gasteiger partial charge in [0, 0.05) is 68.0 Å². The third kappa shape index (κ3) is 11.1. The number of pyridine rings is 2. The normalized spacial score (nSPS) is 17.9. The van der Waals surface area contributed by atoms with E-state index in [4.69, 9.17) is 13.0 Å². The Bertz CT molecular complexity index is 2370. The summed E-state index contributed by atoms with van der Waals surface area (Å²) in [5, 5.41) is 22.3. The number of carbonyl (C=O) groups is 1. The minimum Gasteiger partial charge on any atom is -0.352 e. The Morgan fingerprint density at radius 2 is 1.40 bits per heavy atom. The van der Waals surface area contributed by atoms with Gasteiger partial charge < -0.3 is 20.0 Å². The van der Waals surface area contributed by atoms with Crippen molar-refractivity contribution in [2.45, 2.75) is 58.3 Å². The number of anilines is 4. The molecule has 1 N–H and O–H groups in total. The van der Waals surface area contributed by atoms with Gasteiger partial charge >= 0.3 is 0 Å². The van der Waals surface area contributed by atoms with Crippen LogP contribution in [-0.2, 0) is 0 Å². The average molecular weight is 834 g/mol. The molecule has 16 heteroatoms. The summed E-state index contributed by atoms with van der Waals surface area (Å²) in [6.07, 6.45) is 8.26. The van der Waals surface area contributed by atoms with E-state index < -0.39 is 12.3 Å². The van der Waals surface area contributed by atoms with E-state index in [9.17, 15) is 24.1 Å². The number of ketones is 1. The highest BCUT2D eigenvalue weighted by Gasteiger charge is 2.27. The van der Waals surface area contributed by atoms with Crippen LogP contribution in [0.3, 0.4) is 0 Å². The molecule has 1 aromatic carbocycles. The number of rotatable bonds is 9. The van der Waals surface area contributed by atoms with Crippen molar-refractivity contribution in [1.29, 1.82) is 10.5 Å². The molecule has 0 amide bonds. The quantitative estimate of drug-likeness (QED) is 0.112. The molecule has 0 spiro atoms. The van der Waals surface area contributed by atoms with E-state index in [0.717, 1.165) is 31.6 Å². The van der Waals surface area contributed by atoms with Gasteiger partial charge in [-0.15, -0.1) is 0 Å². The Morgan fingerprint density at radius 3 is 1.93 bits per heavy atom. The molecule has 0 saturated carbocycles. The second-order valence-electron chi connectivity index (χ2n) is 14.6. The minimum absolute atomic E-state index is 0.134. The Labute approximate surface area is 355 Å². The first-order chi connectivity index (χ1) is 29.6. The highest BCUT2D eigenvalue weighted by molar-refractivity contribution is 6.28. The number of hydrogen-bond donors (Lipinski definition) is 1. The van der Waals surface area contributed by atoms with Crippen molar-refractivity contribution in [3.8, 4) is 34.7 Å². The Balaban J connectivity index is 0.000000219. The van der Waals surface area contributed by atoms with E-state index >= 15 is 0 Å². The lowest BCUT2D eigenvalue weighted by Crippen LogP contribution is -2.31. The molecule has 0 aliphatic carbocycles. The number of nitriles is 2. The van der Waals surface area contributed by atoms with Crippen molar-refractivity contribution >= 4 is 40.7 Å². The van der Waals surface area contributed by atoms with Gasteiger partial charge in [-0.3, -0.25) is 4.79 Å². The third-order valence-electron chi connectivity index (χ3n) is 10.5. The predicted octanol–water partition coefficient (Wildman–Crippen LogP) is 8.25. The smallest absolute Gasteiger partial charge is 0.227 e. The van der Waals surface area contributed by atoms with Crippen LogP contribution >= 0.6 is 11.6 Å². The molecule has 60 heavy (non-hydrogen) atoms. The van der Waals surface area contributed by atoms with E-state index in [1.807, 2.05) is 24.3 Å². The number of nitrogens with one attached hydrogen (secondary N) is 1. The Hall–Kier alpha value is -6.16. The molecule has 2 atom stereocenters. The number of halogens is 3. The van der Waals surface area contributed by atoms with E-state index in [-0.39, 0.29) is 24.2 Å². The van der Waals surface area contributed by atoms with Crippen LogP contribution in [0, 0.1) is 28.6 Å². The van der Waals surface area contributed by atoms with Gasteiger partial charge in [0.05, 0.1) is 35.6 Å². The van der Waals surface area contributed by atoms with Crippen LogP contribution in [0.25, 0.3) is 22.5 Å². The fourth-order valence-corrected chi connectivity index (χ4v) is 7.45. The molecular weight excluding hydrogens is 786 g/mol. The lowest BCUT2D eigenvalue weighted by Gasteiger charge is -2.28. The van der Waals surface area contributed by atoms with Crippen LogP contribution in [0.2, 0.25) is 5.28 Å². The van der Waals surface area contributed by atoms with Crippen molar-refractivity contribution in [3.63, 3.8) is 0 Å². The molecule has 3 aliphatic rings. The molecule has 0 unspecified atom stereocenters. The molecule has 0 bridgehead atoms. The second-order valence-corrected chi connectivity index (χ2v) is 15.0. The number of nitrogens with zero attached hydrogens (tertiary/aromatic N) is 11. The third-order valence-corrected chi connectivity index (χ3v) is 10.6. The van der Waals surface area contributed by atoms with Crippen LogP contribution in [-0.4, -0.2) is 99.2 Å². The van der Waals surface area contributed by atoms with Crippen LogP contribution < -0.4 is 15.1 Å². The summed E-state index contributed by atoms with van der Waals surface area (Å²) in [5.41, 5.74) is 4.73. The largest absolute Gasteiger partial charge is 0.352 e. The van der Waals surface area contributed by atoms with Gasteiger partial charge in [0.15, 0.2) is 5.78 Å². The molecule has 13 nitrogen and oxygen atoms in total. The molecule has 0 radical (unpaired) electrons. The van der Waals surface area contributed by atoms with E-state index in [1.165, 1.54) is 0 Å². The molecule has 7 heterocycles. The summed E-state index contributed by atoms with van der Waals surface area (Å²) >= 11 is 5.76. The average Bonchev–Trinajstić information content (AvgIpc) is 3.92. The van der Waals surface area contributed by atoms with Crippen molar-refractivity contribution < 1.29 is 14.9 Å². The van der Waals surface area contributed by atoms with Gasteiger partial charge in [-0.25, -0.2) is 38.7 Å². The number of Topliss-reactive ketones (excluding diaryl/α,β-unsaturated/α-hetero) is 1. The fourth-order valence-electron chi connectivity index (χ4n) is 7.30. The molecule has 3 aliphatic heterocycles. The number of carbonyl (C=O) groups excluding carboxylic acids is 1. The monoisotopic (exact) mass is 833 g/mol. The SMILES string of the molecule is CN1CCC(CC(=O)c2cccc(Nc3nccc(-c4cnc(N5CC[C@H](F)C5)c(C#N)c4)n3)c2)CC1.N#Cc1cc(-c2ccnc(Cl)n2)cnc1N1CC[C@H](F)C1.[2H]CC. The first kappa shape index (κ1) is 42.0. The minimum atomic E-state index is -0.897. The van der Waals surface area contributed by atoms with Gasteiger partial charge in [0.25, 0.3) is 0 Å². The Kier molecular flexibility index (Phi) is 14.5. The van der Waals surface area contributed by atoms with Gasteiger partial charge in [-0.05, 0) is 99.7 Å². The zero-order valence-electron chi connectivity index (χ0n) is 34.6. The van der Waals surface area contributed by atoms with Crippen LogP contribution in [0.1, 0.15) is 68.8 Å². The predicted molar refractivity (Wildman–Crippen MR) is 229 cm³/mol. The second kappa shape index (κ2) is 20.7. The van der Waals surface area contributed by atoms with E-state index in [2.05, 4.69) is 59.3 Å². The summed E-state index contributed by atoms with van der Waals surface area (Å²) in [5.74, 6) is 1.98. The van der Waals surface area contributed by atoms with Crippen molar-refractivity contribution in [1.82, 2.24) is 34.8 Å². The molecule has 3 fully saturated rings. The standard InChI is InChI=1S/C28H30FN7O.C14H11ClFN5.C2H6/c1-35-10-6-19(7-11-35)13-26(37)20-3-2-4-24(15-20)33-28-31-9-5-25(34-28)22-14-21(16-30)27(32-17-22)36-12-8-23(29)18-36;15-14-18-3-1-12(20-14)10-5-9(6-17)13(19-7-10)21-4-2-11(16)8-21;1-2/h2-5,9,14-15,17,19,23H,6-8,10-13,18H2,1H3,(H,31,33,34);1,3,5,7,11H,2,4,8H2;1-2H3/t23-;11-;/m00./s1/i;;1D. The van der Waals surface area contributed by atoms with Crippen molar-refractivity contribution in [3.05, 3.63) is 95.3 Å². The van der Waals surface area contributed by atoms with Crippen LogP contribution in [0.15, 0.2) is 73.3 Å². The highest BCUT2D eigenvalue weighted by atomic mass is 35.5. The summed E-state index contributed by atoms with van der Waals surface area (Å²) < 4.78 is 33.2. The van der Waals surface area contributed by atoms with Crippen LogP contribution in [0.4, 0.5) is 32.1 Å². The summed E-state index contributed by atoms with van der Waals surface area (Å²) in [6, 6.07) is 18.6. The zero-order chi connectivity index (χ0) is 43.3. The van der Waals surface area contributed by atoms with Gasteiger partial charge in [0.1, 0.15) is 36.1 Å². The number of likely N-dealkylation sites (tertiary alicyclic amines) is 1. The number of hydrogen-bond acceptors (Lipinski definition) is 13. The highest BCUT2D eigenvalue weighted by Crippen LogP contribution is 2.30. The first-order valence-electron chi connectivity index (χ1n) is 20.6. The van der Waals surface area contributed by atoms with E-state index in [0.29, 0.717) is 102 Å². The lowest BCUT2D eigenvalue weighted by atomic mass is 9.90. The maximum absolute atomic E-state index is 13.7. The van der Waals surface area contributed by atoms with Crippen molar-refractivity contribution in [2.24, 2.45) is 5.92 Å². The van der Waals surface area contributed by atoms with Gasteiger partial charge in [0.2, 0.25) is 11.2 Å². The number of piperidine rings is 1. The molecule has 8 rings (SSSR count). The van der Waals surface area contributed by atoms with Gasteiger partial charge in [-0.2, -0.15) is 10.5 Å². The molecular formula is C44H47ClF2N12O. The molecule has 3 saturated heterocycles. The van der Waals surface area contributed by atoms with Crippen molar-refractivity contribution in [2.75, 3.05) is 61.4 Å². The van der Waals surface area contributed by atoms with Crippen LogP contribution in [0.5, 0.6) is 0 Å². The Morgan fingerprint density at radius 1 is 0.833 bits per heavy atom. The number of benzene rings is 1.